The molecule has 1 aliphatic heterocycles. The molecule has 0 amide bonds. The summed E-state index contributed by atoms with van der Waals surface area (Å²) in [6.07, 6.45) is 2.01. The van der Waals surface area contributed by atoms with E-state index in [1.54, 1.807) is 13.8 Å². The Kier molecular flexibility index (Phi) is 6.25. The fourth-order valence-electron chi connectivity index (χ4n) is 3.33. The van der Waals surface area contributed by atoms with Crippen LogP contribution in [0.5, 0.6) is 5.75 Å². The summed E-state index contributed by atoms with van der Waals surface area (Å²) in [6, 6.07) is 0. The minimum atomic E-state index is -3.82. The van der Waals surface area contributed by atoms with Crippen molar-refractivity contribution in [2.45, 2.75) is 57.5 Å². The second kappa shape index (κ2) is 7.74. The summed E-state index contributed by atoms with van der Waals surface area (Å²) in [4.78, 5) is 11.3. The van der Waals surface area contributed by atoms with Crippen LogP contribution in [-0.4, -0.2) is 40.3 Å². The molecule has 1 aromatic rings. The van der Waals surface area contributed by atoms with Crippen molar-refractivity contribution in [3.8, 4) is 5.75 Å². The topological polar surface area (TPSA) is 78.9 Å². The standard InChI is InChI=1S/C18H25ClO6S/c1-11-12(2)17(26(19,21)22)13(3)14-6-7-18(4,25-16(11)14)8-9-24-10-15(20)23-5/h6-10H2,1-5H3. The fraction of sp³-hybridized carbons (Fsp3) is 0.611. The predicted molar refractivity (Wildman–Crippen MR) is 98.5 cm³/mol. The number of hydrogen-bond donors (Lipinski definition) is 0. The smallest absolute Gasteiger partial charge is 0.331 e. The molecule has 0 fully saturated rings. The number of benzene rings is 1. The van der Waals surface area contributed by atoms with E-state index in [0.717, 1.165) is 16.9 Å². The lowest BCUT2D eigenvalue weighted by molar-refractivity contribution is -0.146. The second-order valence-corrected chi connectivity index (χ2v) is 9.38. The zero-order valence-corrected chi connectivity index (χ0v) is 17.3. The van der Waals surface area contributed by atoms with Gasteiger partial charge in [0.25, 0.3) is 9.05 Å². The van der Waals surface area contributed by atoms with Crippen molar-refractivity contribution >= 4 is 25.7 Å². The highest BCUT2D eigenvalue weighted by Gasteiger charge is 2.35. The van der Waals surface area contributed by atoms with Gasteiger partial charge in [0, 0.05) is 17.1 Å². The third-order valence-electron chi connectivity index (χ3n) is 5.03. The normalized spacial score (nSPS) is 19.6. The van der Waals surface area contributed by atoms with Gasteiger partial charge in [-0.2, -0.15) is 0 Å². The van der Waals surface area contributed by atoms with Crippen LogP contribution in [0.4, 0.5) is 0 Å². The molecule has 1 aliphatic rings. The first kappa shape index (κ1) is 21.0. The Morgan fingerprint density at radius 2 is 1.88 bits per heavy atom. The average molecular weight is 405 g/mol. The fourth-order valence-corrected chi connectivity index (χ4v) is 5.03. The summed E-state index contributed by atoms with van der Waals surface area (Å²) >= 11 is 0. The Hall–Kier alpha value is -1.31. The largest absolute Gasteiger partial charge is 0.487 e. The lowest BCUT2D eigenvalue weighted by Crippen LogP contribution is -2.38. The number of halogens is 1. The molecule has 0 saturated carbocycles. The van der Waals surface area contributed by atoms with E-state index in [2.05, 4.69) is 4.74 Å². The Morgan fingerprint density at radius 3 is 2.46 bits per heavy atom. The molecule has 0 aromatic heterocycles. The van der Waals surface area contributed by atoms with Gasteiger partial charge in [-0.25, -0.2) is 13.2 Å². The number of methoxy groups -OCH3 is 1. The molecule has 1 heterocycles. The lowest BCUT2D eigenvalue weighted by atomic mass is 9.86. The minimum absolute atomic E-state index is 0.0860. The van der Waals surface area contributed by atoms with E-state index in [1.165, 1.54) is 7.11 Å². The van der Waals surface area contributed by atoms with Gasteiger partial charge in [0.05, 0.1) is 18.6 Å². The Morgan fingerprint density at radius 1 is 1.23 bits per heavy atom. The summed E-state index contributed by atoms with van der Waals surface area (Å²) < 4.78 is 40.1. The number of carbonyl (C=O) groups is 1. The van der Waals surface area contributed by atoms with Gasteiger partial charge in [0.1, 0.15) is 18.0 Å². The molecule has 0 saturated heterocycles. The SMILES string of the molecule is COC(=O)COCCC1(C)CCc2c(C)c(S(=O)(=O)Cl)c(C)c(C)c2O1. The van der Waals surface area contributed by atoms with Crippen molar-refractivity contribution in [1.29, 1.82) is 0 Å². The van der Waals surface area contributed by atoms with Gasteiger partial charge in [-0.05, 0) is 62.8 Å². The van der Waals surface area contributed by atoms with E-state index in [9.17, 15) is 13.2 Å². The number of carbonyl (C=O) groups excluding carboxylic acids is 1. The zero-order valence-electron chi connectivity index (χ0n) is 15.8. The molecule has 8 heteroatoms. The van der Waals surface area contributed by atoms with Gasteiger partial charge in [-0.3, -0.25) is 0 Å². The van der Waals surface area contributed by atoms with Crippen LogP contribution in [0.3, 0.4) is 0 Å². The van der Waals surface area contributed by atoms with E-state index in [0.29, 0.717) is 37.0 Å². The predicted octanol–water partition coefficient (Wildman–Crippen LogP) is 3.20. The molecular weight excluding hydrogens is 380 g/mol. The molecule has 0 radical (unpaired) electrons. The van der Waals surface area contributed by atoms with E-state index in [1.807, 2.05) is 13.8 Å². The first-order valence-electron chi connectivity index (χ1n) is 8.41. The van der Waals surface area contributed by atoms with E-state index >= 15 is 0 Å². The third kappa shape index (κ3) is 4.32. The summed E-state index contributed by atoms with van der Waals surface area (Å²) in [5.41, 5.74) is 2.49. The van der Waals surface area contributed by atoms with Gasteiger partial charge >= 0.3 is 5.97 Å². The van der Waals surface area contributed by atoms with Crippen molar-refractivity contribution in [2.75, 3.05) is 20.3 Å². The van der Waals surface area contributed by atoms with Crippen LogP contribution in [0.25, 0.3) is 0 Å². The Labute approximate surface area is 159 Å². The van der Waals surface area contributed by atoms with Crippen LogP contribution in [0.2, 0.25) is 0 Å². The molecule has 1 atom stereocenters. The van der Waals surface area contributed by atoms with Crippen LogP contribution in [0.1, 0.15) is 42.0 Å². The molecule has 26 heavy (non-hydrogen) atoms. The number of fused-ring (bicyclic) bond motifs is 1. The highest BCUT2D eigenvalue weighted by atomic mass is 35.7. The van der Waals surface area contributed by atoms with E-state index in [4.69, 9.17) is 20.2 Å². The van der Waals surface area contributed by atoms with Gasteiger partial charge < -0.3 is 14.2 Å². The molecule has 146 valence electrons. The molecule has 6 nitrogen and oxygen atoms in total. The van der Waals surface area contributed by atoms with Crippen LogP contribution in [0.15, 0.2) is 4.90 Å². The van der Waals surface area contributed by atoms with Crippen molar-refractivity contribution in [1.82, 2.24) is 0 Å². The molecule has 0 bridgehead atoms. The molecule has 2 rings (SSSR count). The summed E-state index contributed by atoms with van der Waals surface area (Å²) in [6.45, 7) is 7.63. The van der Waals surface area contributed by atoms with Crippen LogP contribution in [-0.2, 0) is 29.7 Å². The molecule has 0 N–H and O–H groups in total. The second-order valence-electron chi connectivity index (χ2n) is 6.88. The number of rotatable bonds is 6. The third-order valence-corrected chi connectivity index (χ3v) is 6.59. The van der Waals surface area contributed by atoms with Crippen molar-refractivity contribution in [3.63, 3.8) is 0 Å². The molecule has 1 unspecified atom stereocenters. The Bertz CT molecular complexity index is 818. The van der Waals surface area contributed by atoms with Gasteiger partial charge in [0.15, 0.2) is 0 Å². The number of esters is 1. The quantitative estimate of drug-likeness (QED) is 0.411. The number of ether oxygens (including phenoxy) is 3. The highest BCUT2D eigenvalue weighted by molar-refractivity contribution is 8.13. The first-order valence-corrected chi connectivity index (χ1v) is 10.7. The van der Waals surface area contributed by atoms with Crippen LogP contribution >= 0.6 is 10.7 Å². The summed E-state index contributed by atoms with van der Waals surface area (Å²) in [7, 11) is 3.13. The van der Waals surface area contributed by atoms with Crippen molar-refractivity contribution in [2.24, 2.45) is 0 Å². The zero-order chi connectivity index (χ0) is 19.7. The van der Waals surface area contributed by atoms with Crippen LogP contribution in [0, 0.1) is 20.8 Å². The monoisotopic (exact) mass is 404 g/mol. The van der Waals surface area contributed by atoms with Gasteiger partial charge in [0.2, 0.25) is 0 Å². The number of hydrogen-bond acceptors (Lipinski definition) is 6. The lowest BCUT2D eigenvalue weighted by Gasteiger charge is -2.38. The van der Waals surface area contributed by atoms with Crippen LogP contribution < -0.4 is 4.74 Å². The average Bonchev–Trinajstić information content (AvgIpc) is 2.55. The first-order chi connectivity index (χ1) is 12.0. The van der Waals surface area contributed by atoms with Crippen molar-refractivity contribution < 1.29 is 27.4 Å². The molecule has 0 aliphatic carbocycles. The minimum Gasteiger partial charge on any atom is -0.487 e. The van der Waals surface area contributed by atoms with Gasteiger partial charge in [-0.1, -0.05) is 0 Å². The van der Waals surface area contributed by atoms with E-state index in [-0.39, 0.29) is 11.5 Å². The maximum atomic E-state index is 12.0. The highest BCUT2D eigenvalue weighted by Crippen LogP contribution is 2.43. The molecule has 1 aromatic carbocycles. The van der Waals surface area contributed by atoms with Gasteiger partial charge in [-0.15, -0.1) is 0 Å². The summed E-state index contributed by atoms with van der Waals surface area (Å²) in [5, 5.41) is 0. The van der Waals surface area contributed by atoms with Crippen molar-refractivity contribution in [3.05, 3.63) is 22.3 Å². The maximum Gasteiger partial charge on any atom is 0.331 e. The van der Waals surface area contributed by atoms with E-state index < -0.39 is 20.6 Å². The molecular formula is C18H25ClO6S. The Balaban J connectivity index is 2.24. The summed E-state index contributed by atoms with van der Waals surface area (Å²) in [5.74, 6) is 0.313. The maximum absolute atomic E-state index is 12.0. The molecule has 0 spiro atoms.